The van der Waals surface area contributed by atoms with Gasteiger partial charge in [0.1, 0.15) is 11.4 Å². The monoisotopic (exact) mass is 439 g/mol. The fraction of sp³-hybridized carbons (Fsp3) is 0.600. The molecule has 2 aromatic rings. The van der Waals surface area contributed by atoms with Crippen LogP contribution in [0.1, 0.15) is 47.9 Å². The van der Waals surface area contributed by atoms with Gasteiger partial charge in [-0.3, -0.25) is 4.90 Å². The second kappa shape index (κ2) is 8.52. The first-order chi connectivity index (χ1) is 15.6. The summed E-state index contributed by atoms with van der Waals surface area (Å²) in [6, 6.07) is 4.83. The molecule has 0 amide bonds. The van der Waals surface area contributed by atoms with Gasteiger partial charge in [0.15, 0.2) is 0 Å². The number of aliphatic hydroxyl groups is 1. The van der Waals surface area contributed by atoms with Gasteiger partial charge in [-0.25, -0.2) is 4.98 Å². The average molecular weight is 440 g/mol. The highest BCUT2D eigenvalue weighted by Crippen LogP contribution is 2.51. The van der Waals surface area contributed by atoms with E-state index in [1.54, 1.807) is 20.4 Å². The molecule has 1 saturated heterocycles. The van der Waals surface area contributed by atoms with Gasteiger partial charge in [0.2, 0.25) is 5.88 Å². The summed E-state index contributed by atoms with van der Waals surface area (Å²) in [6.45, 7) is 2.49. The van der Waals surface area contributed by atoms with Crippen molar-refractivity contribution < 1.29 is 19.3 Å². The molecular formula is C25H33N3O4. The molecule has 2 fully saturated rings. The molecule has 3 aliphatic rings. The van der Waals surface area contributed by atoms with Crippen molar-refractivity contribution in [1.82, 2.24) is 14.9 Å². The number of hydrogen-bond acceptors (Lipinski definition) is 7. The van der Waals surface area contributed by atoms with Crippen LogP contribution < -0.4 is 14.2 Å². The summed E-state index contributed by atoms with van der Waals surface area (Å²) in [5, 5.41) is 12.1. The fourth-order valence-electron chi connectivity index (χ4n) is 6.20. The van der Waals surface area contributed by atoms with Crippen molar-refractivity contribution in [2.75, 3.05) is 34.4 Å². The van der Waals surface area contributed by atoms with Gasteiger partial charge < -0.3 is 19.3 Å². The second-order valence-electron chi connectivity index (χ2n) is 9.41. The smallest absolute Gasteiger partial charge is 0.319 e. The summed E-state index contributed by atoms with van der Waals surface area (Å²) in [5.74, 6) is 1.59. The van der Waals surface area contributed by atoms with Crippen molar-refractivity contribution in [3.63, 3.8) is 0 Å². The number of hydrogen-bond donors (Lipinski definition) is 1. The van der Waals surface area contributed by atoms with E-state index in [0.717, 1.165) is 57.5 Å². The van der Waals surface area contributed by atoms with Gasteiger partial charge >= 0.3 is 6.01 Å². The number of likely N-dealkylation sites (tertiary alicyclic amines) is 1. The number of aromatic nitrogens is 2. The number of benzene rings is 1. The van der Waals surface area contributed by atoms with Crippen LogP contribution in [-0.4, -0.2) is 54.4 Å². The van der Waals surface area contributed by atoms with E-state index in [1.165, 1.54) is 30.2 Å². The maximum atomic E-state index is 12.1. The Morgan fingerprint density at radius 3 is 2.38 bits per heavy atom. The third kappa shape index (κ3) is 3.52. The molecule has 172 valence electrons. The maximum Gasteiger partial charge on any atom is 0.319 e. The number of ether oxygens (including phenoxy) is 3. The van der Waals surface area contributed by atoms with Crippen LogP contribution in [0.5, 0.6) is 17.6 Å². The number of fused-ring (bicyclic) bond motifs is 3. The molecule has 2 aliphatic carbocycles. The van der Waals surface area contributed by atoms with Gasteiger partial charge in [-0.1, -0.05) is 12.5 Å². The van der Waals surface area contributed by atoms with E-state index in [9.17, 15) is 5.11 Å². The number of rotatable bonds is 6. The lowest BCUT2D eigenvalue weighted by molar-refractivity contribution is -0.149. The lowest BCUT2D eigenvalue weighted by atomic mass is 9.63. The zero-order valence-electron chi connectivity index (χ0n) is 19.3. The molecule has 2 bridgehead atoms. The minimum atomic E-state index is -0.992. The maximum absolute atomic E-state index is 12.1. The van der Waals surface area contributed by atoms with E-state index in [4.69, 9.17) is 14.2 Å². The summed E-state index contributed by atoms with van der Waals surface area (Å²) >= 11 is 0. The molecule has 0 unspecified atom stereocenters. The highest BCUT2D eigenvalue weighted by molar-refractivity contribution is 5.45. The van der Waals surface area contributed by atoms with Gasteiger partial charge in [0.05, 0.1) is 26.9 Å². The summed E-state index contributed by atoms with van der Waals surface area (Å²) in [5.41, 5.74) is 3.85. The van der Waals surface area contributed by atoms with Crippen molar-refractivity contribution in [2.24, 2.45) is 11.8 Å². The minimum Gasteiger partial charge on any atom is -0.496 e. The summed E-state index contributed by atoms with van der Waals surface area (Å²) in [6.07, 6.45) is 8.31. The molecule has 5 rings (SSSR count). The van der Waals surface area contributed by atoms with Gasteiger partial charge in [-0.15, -0.1) is 0 Å². The predicted molar refractivity (Wildman–Crippen MR) is 120 cm³/mol. The molecule has 1 aliphatic heterocycles. The molecule has 1 aromatic carbocycles. The zero-order chi connectivity index (χ0) is 22.3. The Bertz CT molecular complexity index is 981. The van der Waals surface area contributed by atoms with E-state index >= 15 is 0 Å². The lowest BCUT2D eigenvalue weighted by Crippen LogP contribution is -2.58. The van der Waals surface area contributed by atoms with Crippen LogP contribution in [-0.2, 0) is 25.0 Å². The molecule has 1 aromatic heterocycles. The molecular weight excluding hydrogens is 406 g/mol. The lowest BCUT2D eigenvalue weighted by Gasteiger charge is -2.53. The summed E-state index contributed by atoms with van der Waals surface area (Å²) < 4.78 is 16.5. The Kier molecular flexibility index (Phi) is 5.72. The first kappa shape index (κ1) is 21.5. The molecule has 7 heteroatoms. The van der Waals surface area contributed by atoms with Crippen molar-refractivity contribution in [3.05, 3.63) is 40.6 Å². The number of methoxy groups -OCH3 is 3. The van der Waals surface area contributed by atoms with Gasteiger partial charge in [0, 0.05) is 43.2 Å². The van der Waals surface area contributed by atoms with Crippen LogP contribution in [0.2, 0.25) is 0 Å². The van der Waals surface area contributed by atoms with Gasteiger partial charge in [0.25, 0.3) is 0 Å². The molecule has 1 saturated carbocycles. The molecule has 2 heterocycles. The third-order valence-corrected chi connectivity index (χ3v) is 7.74. The van der Waals surface area contributed by atoms with Crippen LogP contribution >= 0.6 is 0 Å². The Labute approximate surface area is 189 Å². The normalized spacial score (nSPS) is 27.1. The van der Waals surface area contributed by atoms with Crippen LogP contribution in [0.25, 0.3) is 0 Å². The van der Waals surface area contributed by atoms with E-state index in [2.05, 4.69) is 27.0 Å². The Morgan fingerprint density at radius 2 is 1.72 bits per heavy atom. The Morgan fingerprint density at radius 1 is 1.00 bits per heavy atom. The van der Waals surface area contributed by atoms with Gasteiger partial charge in [-0.05, 0) is 49.3 Å². The minimum absolute atomic E-state index is 0.0984. The van der Waals surface area contributed by atoms with E-state index in [-0.39, 0.29) is 17.8 Å². The second-order valence-corrected chi connectivity index (χ2v) is 9.41. The van der Waals surface area contributed by atoms with E-state index in [0.29, 0.717) is 11.4 Å². The van der Waals surface area contributed by atoms with Crippen molar-refractivity contribution in [3.8, 4) is 17.6 Å². The standard InChI is InChI=1S/C25H33N3O4/c1-30-22-11-17-7-4-6-16(17)10-18(22)13-28-14-19-8-5-9-20(15-28)25(19,29)21-12-26-24(32-3)27-23(21)31-2/h10-12,19-20,29H,4-9,13-15H2,1-3H3/t19-,20-/m0/s1. The molecule has 32 heavy (non-hydrogen) atoms. The average Bonchev–Trinajstić information content (AvgIpc) is 3.26. The van der Waals surface area contributed by atoms with E-state index < -0.39 is 5.60 Å². The molecule has 2 atom stereocenters. The topological polar surface area (TPSA) is 76.9 Å². The van der Waals surface area contributed by atoms with Crippen LogP contribution in [0.15, 0.2) is 18.3 Å². The van der Waals surface area contributed by atoms with Crippen LogP contribution in [0.4, 0.5) is 0 Å². The van der Waals surface area contributed by atoms with Crippen LogP contribution in [0, 0.1) is 11.8 Å². The Balaban J connectivity index is 1.42. The van der Waals surface area contributed by atoms with E-state index in [1.807, 2.05) is 0 Å². The molecule has 0 spiro atoms. The SMILES string of the molecule is COc1ncc(C2(O)[C@H]3CCC[C@H]2CN(Cc2cc4c(cc2OC)CCC4)C3)c(OC)n1. The van der Waals surface area contributed by atoms with Crippen molar-refractivity contribution in [1.29, 1.82) is 0 Å². The largest absolute Gasteiger partial charge is 0.496 e. The number of piperidine rings is 1. The number of nitrogens with zero attached hydrogens (tertiary/aromatic N) is 3. The van der Waals surface area contributed by atoms with Crippen molar-refractivity contribution in [2.45, 2.75) is 50.7 Å². The zero-order valence-corrected chi connectivity index (χ0v) is 19.3. The third-order valence-electron chi connectivity index (χ3n) is 7.74. The summed E-state index contributed by atoms with van der Waals surface area (Å²) in [7, 11) is 4.88. The van der Waals surface area contributed by atoms with Crippen LogP contribution in [0.3, 0.4) is 0 Å². The van der Waals surface area contributed by atoms with Gasteiger partial charge in [-0.2, -0.15) is 4.98 Å². The Hall–Kier alpha value is -2.38. The highest BCUT2D eigenvalue weighted by atomic mass is 16.5. The first-order valence-corrected chi connectivity index (χ1v) is 11.7. The number of aryl methyl sites for hydroxylation is 2. The summed E-state index contributed by atoms with van der Waals surface area (Å²) in [4.78, 5) is 11.1. The molecule has 7 nitrogen and oxygen atoms in total. The molecule has 0 radical (unpaired) electrons. The molecule has 1 N–H and O–H groups in total. The fourth-order valence-corrected chi connectivity index (χ4v) is 6.20. The first-order valence-electron chi connectivity index (χ1n) is 11.7. The quantitative estimate of drug-likeness (QED) is 0.741. The highest BCUT2D eigenvalue weighted by Gasteiger charge is 2.53. The van der Waals surface area contributed by atoms with Crippen molar-refractivity contribution >= 4 is 0 Å². The predicted octanol–water partition coefficient (Wildman–Crippen LogP) is 3.11.